The SMILES string of the molecule is CC(C)(C(=O)O)C1(F)CC1. The Bertz CT molecular complexity index is 170. The van der Waals surface area contributed by atoms with Gasteiger partial charge in [0.25, 0.3) is 0 Å². The van der Waals surface area contributed by atoms with Crippen LogP contribution < -0.4 is 0 Å². The Labute approximate surface area is 59.0 Å². The van der Waals surface area contributed by atoms with Crippen molar-refractivity contribution in [3.8, 4) is 0 Å². The van der Waals surface area contributed by atoms with Gasteiger partial charge in [-0.2, -0.15) is 0 Å². The van der Waals surface area contributed by atoms with Crippen molar-refractivity contribution < 1.29 is 14.3 Å². The van der Waals surface area contributed by atoms with Gasteiger partial charge in [0.15, 0.2) is 0 Å². The molecule has 0 unspecified atom stereocenters. The van der Waals surface area contributed by atoms with E-state index >= 15 is 0 Å². The highest BCUT2D eigenvalue weighted by Gasteiger charge is 2.59. The molecule has 2 nitrogen and oxygen atoms in total. The predicted molar refractivity (Wildman–Crippen MR) is 34.5 cm³/mol. The Kier molecular flexibility index (Phi) is 1.28. The number of alkyl halides is 1. The van der Waals surface area contributed by atoms with Crippen molar-refractivity contribution in [2.75, 3.05) is 0 Å². The van der Waals surface area contributed by atoms with Crippen LogP contribution in [0, 0.1) is 5.41 Å². The number of hydrogen-bond donors (Lipinski definition) is 1. The summed E-state index contributed by atoms with van der Waals surface area (Å²) in [6.45, 7) is 2.87. The second-order valence-electron chi connectivity index (χ2n) is 3.40. The van der Waals surface area contributed by atoms with Crippen LogP contribution in [0.2, 0.25) is 0 Å². The fourth-order valence-corrected chi connectivity index (χ4v) is 0.926. The van der Waals surface area contributed by atoms with Crippen molar-refractivity contribution in [2.45, 2.75) is 32.4 Å². The predicted octanol–water partition coefficient (Wildman–Crippen LogP) is 1.60. The molecule has 1 aliphatic carbocycles. The quantitative estimate of drug-likeness (QED) is 0.642. The van der Waals surface area contributed by atoms with Crippen molar-refractivity contribution in [1.82, 2.24) is 0 Å². The fourth-order valence-electron chi connectivity index (χ4n) is 0.926. The summed E-state index contributed by atoms with van der Waals surface area (Å²) in [4.78, 5) is 10.5. The second kappa shape index (κ2) is 1.71. The summed E-state index contributed by atoms with van der Waals surface area (Å²) in [5.41, 5.74) is -2.63. The summed E-state index contributed by atoms with van der Waals surface area (Å²) in [6.07, 6.45) is 0.790. The molecule has 0 radical (unpaired) electrons. The van der Waals surface area contributed by atoms with Crippen LogP contribution in [0.4, 0.5) is 4.39 Å². The van der Waals surface area contributed by atoms with E-state index in [9.17, 15) is 9.18 Å². The minimum Gasteiger partial charge on any atom is -0.481 e. The number of aliphatic carboxylic acids is 1. The third kappa shape index (κ3) is 0.805. The van der Waals surface area contributed by atoms with Crippen LogP contribution in [0.1, 0.15) is 26.7 Å². The van der Waals surface area contributed by atoms with E-state index in [1.165, 1.54) is 13.8 Å². The number of carbonyl (C=O) groups is 1. The monoisotopic (exact) mass is 146 g/mol. The molecule has 0 atom stereocenters. The molecule has 0 aromatic rings. The number of halogens is 1. The Morgan fingerprint density at radius 1 is 1.60 bits per heavy atom. The van der Waals surface area contributed by atoms with Gasteiger partial charge in [-0.25, -0.2) is 4.39 Å². The Morgan fingerprint density at radius 3 is 2.10 bits per heavy atom. The lowest BCUT2D eigenvalue weighted by atomic mass is 9.86. The van der Waals surface area contributed by atoms with Gasteiger partial charge in [0.1, 0.15) is 5.67 Å². The maximum absolute atomic E-state index is 13.1. The van der Waals surface area contributed by atoms with E-state index < -0.39 is 17.1 Å². The van der Waals surface area contributed by atoms with Crippen LogP contribution in [-0.2, 0) is 4.79 Å². The molecule has 3 heteroatoms. The molecule has 1 saturated carbocycles. The van der Waals surface area contributed by atoms with Crippen molar-refractivity contribution in [2.24, 2.45) is 5.41 Å². The topological polar surface area (TPSA) is 37.3 Å². The van der Waals surface area contributed by atoms with E-state index in [1.807, 2.05) is 0 Å². The van der Waals surface area contributed by atoms with Gasteiger partial charge in [0.2, 0.25) is 0 Å². The van der Waals surface area contributed by atoms with E-state index in [0.717, 1.165) is 0 Å². The smallest absolute Gasteiger partial charge is 0.312 e. The zero-order valence-electron chi connectivity index (χ0n) is 6.15. The normalized spacial score (nSPS) is 22.3. The van der Waals surface area contributed by atoms with E-state index in [2.05, 4.69) is 0 Å². The molecular weight excluding hydrogens is 135 g/mol. The number of rotatable bonds is 2. The third-order valence-corrected chi connectivity index (χ3v) is 2.34. The molecule has 0 aromatic heterocycles. The molecular formula is C7H11FO2. The van der Waals surface area contributed by atoms with Crippen molar-refractivity contribution in [3.63, 3.8) is 0 Å². The van der Waals surface area contributed by atoms with Gasteiger partial charge in [-0.1, -0.05) is 0 Å². The van der Waals surface area contributed by atoms with Gasteiger partial charge < -0.3 is 5.11 Å². The van der Waals surface area contributed by atoms with Crippen LogP contribution in [-0.4, -0.2) is 16.7 Å². The molecule has 0 amide bonds. The molecule has 1 aliphatic rings. The number of hydrogen-bond acceptors (Lipinski definition) is 1. The Balaban J connectivity index is 2.77. The second-order valence-corrected chi connectivity index (χ2v) is 3.40. The van der Waals surface area contributed by atoms with Gasteiger partial charge >= 0.3 is 5.97 Å². The maximum Gasteiger partial charge on any atom is 0.312 e. The molecule has 1 fully saturated rings. The van der Waals surface area contributed by atoms with Gasteiger partial charge in [0.05, 0.1) is 5.41 Å². The molecule has 0 aromatic carbocycles. The highest BCUT2D eigenvalue weighted by Crippen LogP contribution is 2.53. The summed E-state index contributed by atoms with van der Waals surface area (Å²) >= 11 is 0. The lowest BCUT2D eigenvalue weighted by Crippen LogP contribution is -2.35. The molecule has 58 valence electrons. The van der Waals surface area contributed by atoms with Crippen LogP contribution in [0.25, 0.3) is 0 Å². The maximum atomic E-state index is 13.1. The third-order valence-electron chi connectivity index (χ3n) is 2.34. The zero-order chi connectivity index (χ0) is 7.99. The minimum absolute atomic E-state index is 0.395. The first kappa shape index (κ1) is 7.51. The minimum atomic E-state index is -1.43. The molecule has 0 bridgehead atoms. The molecule has 1 rings (SSSR count). The average molecular weight is 146 g/mol. The van der Waals surface area contributed by atoms with E-state index in [1.54, 1.807) is 0 Å². The summed E-state index contributed by atoms with van der Waals surface area (Å²) in [5.74, 6) is -1.05. The molecule has 10 heavy (non-hydrogen) atoms. The van der Waals surface area contributed by atoms with Gasteiger partial charge in [-0.15, -0.1) is 0 Å². The highest BCUT2D eigenvalue weighted by molar-refractivity contribution is 5.76. The first-order valence-electron chi connectivity index (χ1n) is 3.32. The fraction of sp³-hybridized carbons (Fsp3) is 0.857. The van der Waals surface area contributed by atoms with Gasteiger partial charge in [-0.05, 0) is 26.7 Å². The lowest BCUT2D eigenvalue weighted by molar-refractivity contribution is -0.151. The van der Waals surface area contributed by atoms with E-state index in [-0.39, 0.29) is 0 Å². The molecule has 0 heterocycles. The van der Waals surface area contributed by atoms with Crippen LogP contribution in [0.3, 0.4) is 0 Å². The van der Waals surface area contributed by atoms with Crippen LogP contribution in [0.5, 0.6) is 0 Å². The first-order valence-corrected chi connectivity index (χ1v) is 3.32. The first-order chi connectivity index (χ1) is 4.40. The molecule has 0 spiro atoms. The standard InChI is InChI=1S/C7H11FO2/c1-6(2,5(9)10)7(8)3-4-7/h3-4H2,1-2H3,(H,9,10). The molecule has 0 saturated heterocycles. The van der Waals surface area contributed by atoms with Crippen LogP contribution in [0.15, 0.2) is 0 Å². The Hall–Kier alpha value is -0.600. The lowest BCUT2D eigenvalue weighted by Gasteiger charge is -2.22. The summed E-state index contributed by atoms with van der Waals surface area (Å²) in [7, 11) is 0. The van der Waals surface area contributed by atoms with Crippen molar-refractivity contribution in [3.05, 3.63) is 0 Å². The Morgan fingerprint density at radius 2 is 2.00 bits per heavy atom. The van der Waals surface area contributed by atoms with E-state index in [4.69, 9.17) is 5.11 Å². The number of carboxylic acid groups (broad SMARTS) is 1. The summed E-state index contributed by atoms with van der Waals surface area (Å²) < 4.78 is 13.1. The van der Waals surface area contributed by atoms with Gasteiger partial charge in [-0.3, -0.25) is 4.79 Å². The zero-order valence-corrected chi connectivity index (χ0v) is 6.15. The average Bonchev–Trinajstić information content (AvgIpc) is 2.48. The van der Waals surface area contributed by atoms with Crippen molar-refractivity contribution in [1.29, 1.82) is 0 Å². The summed E-state index contributed by atoms with van der Waals surface area (Å²) in [6, 6.07) is 0. The van der Waals surface area contributed by atoms with Crippen LogP contribution >= 0.6 is 0 Å². The number of carboxylic acids is 1. The molecule has 0 aliphatic heterocycles. The summed E-state index contributed by atoms with van der Waals surface area (Å²) in [5, 5.41) is 8.58. The van der Waals surface area contributed by atoms with Crippen molar-refractivity contribution >= 4 is 5.97 Å². The highest BCUT2D eigenvalue weighted by atomic mass is 19.1. The largest absolute Gasteiger partial charge is 0.481 e. The van der Waals surface area contributed by atoms with Gasteiger partial charge in [0, 0.05) is 0 Å². The van der Waals surface area contributed by atoms with E-state index in [0.29, 0.717) is 12.8 Å². The molecule has 1 N–H and O–H groups in total.